The van der Waals surface area contributed by atoms with Crippen molar-refractivity contribution < 1.29 is 14.6 Å². The molecule has 0 fully saturated rings. The molecule has 7 nitrogen and oxygen atoms in total. The van der Waals surface area contributed by atoms with E-state index in [1.807, 2.05) is 36.4 Å². The molecule has 8 heteroatoms. The summed E-state index contributed by atoms with van der Waals surface area (Å²) >= 11 is 5.57. The lowest BCUT2D eigenvalue weighted by atomic mass is 10.1. The van der Waals surface area contributed by atoms with Gasteiger partial charge in [-0.05, 0) is 60.6 Å². The zero-order chi connectivity index (χ0) is 24.1. The van der Waals surface area contributed by atoms with Crippen LogP contribution in [0.5, 0.6) is 11.6 Å². The molecule has 2 N–H and O–H groups in total. The molecule has 0 spiro atoms. The molecule has 3 aromatic carbocycles. The van der Waals surface area contributed by atoms with Gasteiger partial charge in [0.2, 0.25) is 5.88 Å². The van der Waals surface area contributed by atoms with Crippen LogP contribution >= 0.6 is 12.2 Å². The highest BCUT2D eigenvalue weighted by atomic mass is 32.1. The Hall–Kier alpha value is -4.17. The van der Waals surface area contributed by atoms with E-state index in [9.17, 15) is 14.7 Å². The number of para-hydroxylation sites is 2. The number of rotatable bonds is 7. The van der Waals surface area contributed by atoms with Crippen LogP contribution in [-0.4, -0.2) is 33.8 Å². The first kappa shape index (κ1) is 23.0. The summed E-state index contributed by atoms with van der Waals surface area (Å²) in [5.74, 6) is -0.473. The molecular weight excluding hydrogens is 450 g/mol. The Morgan fingerprint density at radius 3 is 2.18 bits per heavy atom. The Morgan fingerprint density at radius 1 is 0.941 bits per heavy atom. The Bertz CT molecular complexity index is 1430. The van der Waals surface area contributed by atoms with E-state index in [0.717, 1.165) is 11.3 Å². The van der Waals surface area contributed by atoms with Crippen molar-refractivity contribution in [1.82, 2.24) is 14.5 Å². The third-order valence-electron chi connectivity index (χ3n) is 5.32. The van der Waals surface area contributed by atoms with Crippen molar-refractivity contribution >= 4 is 18.1 Å². The number of hydrogen-bond donors (Lipinski definition) is 2. The fourth-order valence-corrected chi connectivity index (χ4v) is 4.03. The minimum atomic E-state index is -0.695. The number of amides is 1. The summed E-state index contributed by atoms with van der Waals surface area (Å²) in [5, 5.41) is 13.8. The van der Waals surface area contributed by atoms with Crippen LogP contribution in [0.15, 0.2) is 89.7 Å². The zero-order valence-electron chi connectivity index (χ0n) is 18.5. The van der Waals surface area contributed by atoms with Crippen LogP contribution in [0.1, 0.15) is 15.9 Å². The van der Waals surface area contributed by atoms with E-state index < -0.39 is 17.3 Å². The van der Waals surface area contributed by atoms with E-state index in [1.165, 1.54) is 9.13 Å². The van der Waals surface area contributed by atoms with Crippen molar-refractivity contribution in [2.24, 2.45) is 0 Å². The van der Waals surface area contributed by atoms with Gasteiger partial charge in [0.05, 0.1) is 18.5 Å². The number of benzene rings is 3. The summed E-state index contributed by atoms with van der Waals surface area (Å²) in [6.45, 7) is 0.261. The van der Waals surface area contributed by atoms with E-state index in [4.69, 9.17) is 17.0 Å². The normalized spacial score (nSPS) is 10.6. The molecule has 4 aromatic rings. The number of nitrogens with one attached hydrogen (secondary N) is 1. The molecule has 0 saturated heterocycles. The van der Waals surface area contributed by atoms with Gasteiger partial charge in [0.15, 0.2) is 10.3 Å². The molecule has 1 aromatic heterocycles. The van der Waals surface area contributed by atoms with Crippen molar-refractivity contribution in [1.29, 1.82) is 0 Å². The van der Waals surface area contributed by atoms with Crippen LogP contribution in [0.4, 0.5) is 0 Å². The molecule has 0 radical (unpaired) electrons. The van der Waals surface area contributed by atoms with Crippen LogP contribution in [0.2, 0.25) is 0 Å². The third kappa shape index (κ3) is 4.62. The summed E-state index contributed by atoms with van der Waals surface area (Å²) in [6.07, 6.45) is 0.522. The van der Waals surface area contributed by atoms with Crippen molar-refractivity contribution in [3.8, 4) is 23.0 Å². The number of ether oxygens (including phenoxy) is 1. The van der Waals surface area contributed by atoms with E-state index >= 15 is 0 Å². The maximum atomic E-state index is 13.4. The third-order valence-corrected chi connectivity index (χ3v) is 5.69. The number of aromatic hydroxyl groups is 1. The molecular formula is C26H23N3O4S. The number of methoxy groups -OCH3 is 1. The standard InChI is InChI=1S/C26H23N3O4S/c1-33-21-14-8-9-18(17-21)15-16-27-23(30)22-24(31)28(19-10-4-2-5-11-19)26(34)29(25(22)32)20-12-6-3-7-13-20/h2-14,17,31H,15-16H2,1H3,(H,27,30). The van der Waals surface area contributed by atoms with Gasteiger partial charge in [0.1, 0.15) is 5.75 Å². The lowest BCUT2D eigenvalue weighted by Crippen LogP contribution is -2.35. The SMILES string of the molecule is COc1cccc(CCNC(=O)c2c(O)n(-c3ccccc3)c(=S)n(-c3ccccc3)c2=O)c1. The molecule has 1 heterocycles. The molecule has 1 amide bonds. The fraction of sp³-hybridized carbons (Fsp3) is 0.115. The van der Waals surface area contributed by atoms with Crippen molar-refractivity contribution in [2.75, 3.05) is 13.7 Å². The topological polar surface area (TPSA) is 85.5 Å². The molecule has 4 rings (SSSR count). The number of nitrogens with zero attached hydrogens (tertiary/aromatic N) is 2. The first-order valence-corrected chi connectivity index (χ1v) is 11.0. The maximum absolute atomic E-state index is 13.4. The van der Waals surface area contributed by atoms with Gasteiger partial charge < -0.3 is 15.2 Å². The summed E-state index contributed by atoms with van der Waals surface area (Å²) in [6, 6.07) is 25.1. The average Bonchev–Trinajstić information content (AvgIpc) is 2.85. The average molecular weight is 474 g/mol. The Balaban J connectivity index is 1.75. The van der Waals surface area contributed by atoms with E-state index in [-0.39, 0.29) is 16.9 Å². The highest BCUT2D eigenvalue weighted by molar-refractivity contribution is 7.71. The predicted molar refractivity (Wildman–Crippen MR) is 133 cm³/mol. The van der Waals surface area contributed by atoms with Crippen LogP contribution < -0.4 is 15.6 Å². The van der Waals surface area contributed by atoms with Gasteiger partial charge in [-0.3, -0.25) is 18.7 Å². The van der Waals surface area contributed by atoms with Crippen LogP contribution in [0.25, 0.3) is 11.4 Å². The number of hydrogen-bond acceptors (Lipinski definition) is 5. The highest BCUT2D eigenvalue weighted by Crippen LogP contribution is 2.22. The second-order valence-corrected chi connectivity index (χ2v) is 7.85. The quantitative estimate of drug-likeness (QED) is 0.396. The van der Waals surface area contributed by atoms with Gasteiger partial charge in [-0.2, -0.15) is 0 Å². The Kier molecular flexibility index (Phi) is 6.89. The zero-order valence-corrected chi connectivity index (χ0v) is 19.3. The number of carbonyl (C=O) groups is 1. The molecule has 0 unspecified atom stereocenters. The van der Waals surface area contributed by atoms with E-state index in [2.05, 4.69) is 5.32 Å². The second kappa shape index (κ2) is 10.2. The molecule has 0 aliphatic rings. The fourth-order valence-electron chi connectivity index (χ4n) is 3.65. The molecule has 0 bridgehead atoms. The molecule has 0 aliphatic heterocycles. The van der Waals surface area contributed by atoms with Crippen LogP contribution in [0, 0.1) is 4.77 Å². The predicted octanol–water partition coefficient (Wildman–Crippen LogP) is 4.04. The Morgan fingerprint density at radius 2 is 1.56 bits per heavy atom. The van der Waals surface area contributed by atoms with Gasteiger partial charge >= 0.3 is 0 Å². The number of aromatic nitrogens is 2. The molecule has 172 valence electrons. The van der Waals surface area contributed by atoms with Crippen molar-refractivity contribution in [3.05, 3.63) is 111 Å². The van der Waals surface area contributed by atoms with Gasteiger partial charge in [0.25, 0.3) is 11.5 Å². The summed E-state index contributed by atoms with van der Waals surface area (Å²) in [5.41, 5.74) is 0.908. The molecule has 0 aliphatic carbocycles. The highest BCUT2D eigenvalue weighted by Gasteiger charge is 2.24. The maximum Gasteiger partial charge on any atom is 0.275 e. The second-order valence-electron chi connectivity index (χ2n) is 7.49. The minimum absolute atomic E-state index is 0.0489. The molecule has 34 heavy (non-hydrogen) atoms. The van der Waals surface area contributed by atoms with E-state index in [0.29, 0.717) is 17.8 Å². The van der Waals surface area contributed by atoms with Gasteiger partial charge in [-0.15, -0.1) is 0 Å². The van der Waals surface area contributed by atoms with Gasteiger partial charge in [-0.25, -0.2) is 0 Å². The van der Waals surface area contributed by atoms with Crippen LogP contribution in [-0.2, 0) is 6.42 Å². The van der Waals surface area contributed by atoms with Crippen LogP contribution in [0.3, 0.4) is 0 Å². The monoisotopic (exact) mass is 473 g/mol. The first-order chi connectivity index (χ1) is 16.5. The largest absolute Gasteiger partial charge is 0.497 e. The Labute approximate surface area is 201 Å². The summed E-state index contributed by atoms with van der Waals surface area (Å²) in [4.78, 5) is 26.5. The van der Waals surface area contributed by atoms with Gasteiger partial charge in [-0.1, -0.05) is 48.5 Å². The smallest absolute Gasteiger partial charge is 0.275 e. The first-order valence-electron chi connectivity index (χ1n) is 10.6. The minimum Gasteiger partial charge on any atom is -0.497 e. The van der Waals surface area contributed by atoms with Crippen molar-refractivity contribution in [2.45, 2.75) is 6.42 Å². The number of carbonyl (C=O) groups excluding carboxylic acids is 1. The summed E-state index contributed by atoms with van der Waals surface area (Å²) < 4.78 is 7.85. The molecule has 0 atom stereocenters. The van der Waals surface area contributed by atoms with E-state index in [1.54, 1.807) is 55.6 Å². The lowest BCUT2D eigenvalue weighted by Gasteiger charge is -2.17. The lowest BCUT2D eigenvalue weighted by molar-refractivity contribution is 0.0948. The van der Waals surface area contributed by atoms with Crippen molar-refractivity contribution in [3.63, 3.8) is 0 Å². The van der Waals surface area contributed by atoms with Gasteiger partial charge in [0, 0.05) is 6.54 Å². The molecule has 0 saturated carbocycles. The summed E-state index contributed by atoms with van der Waals surface area (Å²) in [7, 11) is 1.59.